The number of aromatic nitrogens is 1. The monoisotopic (exact) mass is 909 g/mol. The minimum Gasteiger partial charge on any atom is -0.512 e. The molecule has 0 saturated heterocycles. The van der Waals surface area contributed by atoms with Crippen LogP contribution in [0.2, 0.25) is 19.6 Å². The van der Waals surface area contributed by atoms with E-state index in [1.165, 1.54) is 28.0 Å². The van der Waals surface area contributed by atoms with Crippen LogP contribution in [0.25, 0.3) is 42.6 Å². The Kier molecular flexibility index (Phi) is 13.9. The third-order valence-corrected chi connectivity index (χ3v) is 13.9. The number of hydrogen-bond acceptors (Lipinski definition) is 4. The van der Waals surface area contributed by atoms with Crippen molar-refractivity contribution in [2.24, 2.45) is 10.8 Å². The predicted molar refractivity (Wildman–Crippen MR) is 208 cm³/mol. The molecule has 0 aliphatic heterocycles. The molecule has 0 spiro atoms. The maximum Gasteiger partial charge on any atom is 0.170 e. The zero-order valence-electron chi connectivity index (χ0n) is 31.3. The fourth-order valence-corrected chi connectivity index (χ4v) is 8.93. The fraction of sp³-hybridized carbons (Fsp3) is 0.381. The summed E-state index contributed by atoms with van der Waals surface area (Å²) >= 11 is 1.24. The molecular formula is C42H49F3IrNO2SSi-. The first-order valence-electron chi connectivity index (χ1n) is 17.4. The average molecular weight is 909 g/mol. The maximum absolute atomic E-state index is 14.6. The van der Waals surface area contributed by atoms with Gasteiger partial charge in [-0.25, -0.2) is 13.2 Å². The molecule has 0 aliphatic rings. The molecule has 3 nitrogen and oxygen atoms in total. The van der Waals surface area contributed by atoms with Crippen LogP contribution in [0.5, 0.6) is 0 Å². The van der Waals surface area contributed by atoms with Crippen molar-refractivity contribution in [2.75, 3.05) is 0 Å². The molecule has 0 unspecified atom stereocenters. The van der Waals surface area contributed by atoms with E-state index in [4.69, 9.17) is 0 Å². The summed E-state index contributed by atoms with van der Waals surface area (Å²) in [6.45, 7) is 20.8. The molecule has 275 valence electrons. The van der Waals surface area contributed by atoms with Gasteiger partial charge in [-0.2, -0.15) is 0 Å². The topological polar surface area (TPSA) is 50.2 Å². The molecule has 2 aromatic heterocycles. The van der Waals surface area contributed by atoms with Crippen molar-refractivity contribution in [3.8, 4) is 21.7 Å². The number of aryl methyl sites for hydroxylation is 1. The van der Waals surface area contributed by atoms with E-state index in [2.05, 4.69) is 42.8 Å². The second kappa shape index (κ2) is 16.7. The van der Waals surface area contributed by atoms with Gasteiger partial charge in [-0.3, -0.25) is 9.78 Å². The van der Waals surface area contributed by atoms with Crippen LogP contribution < -0.4 is 5.19 Å². The molecule has 0 aliphatic carbocycles. The van der Waals surface area contributed by atoms with Gasteiger partial charge < -0.3 is 5.11 Å². The van der Waals surface area contributed by atoms with E-state index in [-0.39, 0.29) is 48.0 Å². The standard InChI is InChI=1S/C27H21F3NSSi.C15H28O2.Ir/c1-15-18-11-12-31-25(27(18)32-26(15)23-20(28)9-10-21(29)24(23)30)17-13-16-7-5-6-8-19(16)22(14-17)33(2,3)4;1-7-14(5,8-2)12(16)11-13(17)15(6,9-3)10-4;/h5-12,14H,1-4H3;11,16H,7-10H2,1-6H3;/q-1;;/b;12-11-;. The van der Waals surface area contributed by atoms with Crippen LogP contribution in [0.1, 0.15) is 72.8 Å². The molecular weight excluding hydrogens is 860 g/mol. The summed E-state index contributed by atoms with van der Waals surface area (Å²) < 4.78 is 43.9. The second-order valence-corrected chi connectivity index (χ2v) is 20.7. The molecule has 0 bridgehead atoms. The third-order valence-electron chi connectivity index (χ3n) is 10.6. The number of halogens is 3. The van der Waals surface area contributed by atoms with Gasteiger partial charge in [0.1, 0.15) is 11.6 Å². The number of fused-ring (bicyclic) bond motifs is 2. The van der Waals surface area contributed by atoms with Gasteiger partial charge in [-0.1, -0.05) is 90.3 Å². The fourth-order valence-electron chi connectivity index (χ4n) is 5.98. The van der Waals surface area contributed by atoms with Gasteiger partial charge in [0, 0.05) is 58.5 Å². The maximum atomic E-state index is 14.6. The Hall–Kier alpha value is -3.10. The van der Waals surface area contributed by atoms with Crippen LogP contribution in [0.15, 0.2) is 66.6 Å². The molecule has 1 N–H and O–H groups in total. The summed E-state index contributed by atoms with van der Waals surface area (Å²) in [5.41, 5.74) is 1.34. The van der Waals surface area contributed by atoms with E-state index in [0.29, 0.717) is 16.1 Å². The minimum absolute atomic E-state index is 0. The van der Waals surface area contributed by atoms with Gasteiger partial charge in [-0.05, 0) is 61.8 Å². The Morgan fingerprint density at radius 2 is 1.49 bits per heavy atom. The molecule has 5 aromatic rings. The van der Waals surface area contributed by atoms with Gasteiger partial charge in [0.25, 0.3) is 0 Å². The summed E-state index contributed by atoms with van der Waals surface area (Å²) in [4.78, 5) is 17.2. The molecule has 5 rings (SSSR count). The van der Waals surface area contributed by atoms with Gasteiger partial charge in [0.05, 0.1) is 13.6 Å². The molecule has 1 radical (unpaired) electrons. The minimum atomic E-state index is -1.69. The van der Waals surface area contributed by atoms with Crippen molar-refractivity contribution in [2.45, 2.75) is 93.8 Å². The third kappa shape index (κ3) is 8.59. The van der Waals surface area contributed by atoms with Crippen molar-refractivity contribution in [1.29, 1.82) is 0 Å². The molecule has 0 saturated carbocycles. The van der Waals surface area contributed by atoms with Gasteiger partial charge in [-0.15, -0.1) is 40.1 Å². The van der Waals surface area contributed by atoms with E-state index in [0.717, 1.165) is 58.9 Å². The largest absolute Gasteiger partial charge is 0.512 e. The van der Waals surface area contributed by atoms with Crippen LogP contribution in [-0.4, -0.2) is 23.9 Å². The summed E-state index contributed by atoms with van der Waals surface area (Å²) in [6, 6.07) is 17.5. The summed E-state index contributed by atoms with van der Waals surface area (Å²) in [7, 11) is -1.69. The van der Waals surface area contributed by atoms with Gasteiger partial charge >= 0.3 is 0 Å². The number of carbonyl (C=O) groups is 1. The van der Waals surface area contributed by atoms with Crippen molar-refractivity contribution in [1.82, 2.24) is 4.98 Å². The SMILES string of the molecule is CCC(C)(CC)C(=O)/C=C(\O)C(C)(CC)CC.Cc1c(-c2c(F)ccc(F)c2F)sc2c(-c3[c-]c4ccccc4c([Si](C)(C)C)c3)nccc12.[Ir]. The molecule has 51 heavy (non-hydrogen) atoms. The Morgan fingerprint density at radius 3 is 2.08 bits per heavy atom. The Balaban J connectivity index is 0.000000335. The number of nitrogens with zero attached hydrogens (tertiary/aromatic N) is 1. The zero-order valence-corrected chi connectivity index (χ0v) is 35.5. The first-order chi connectivity index (χ1) is 23.5. The molecule has 3 aromatic carbocycles. The molecule has 2 heterocycles. The van der Waals surface area contributed by atoms with Crippen molar-refractivity contribution in [3.05, 3.63) is 95.6 Å². The Morgan fingerprint density at radius 1 is 0.902 bits per heavy atom. The van der Waals surface area contributed by atoms with Crippen LogP contribution in [0.4, 0.5) is 13.2 Å². The number of benzene rings is 3. The average Bonchev–Trinajstić information content (AvgIpc) is 3.44. The van der Waals surface area contributed by atoms with E-state index < -0.39 is 25.5 Å². The summed E-state index contributed by atoms with van der Waals surface area (Å²) in [5, 5.41) is 14.5. The smallest absolute Gasteiger partial charge is 0.170 e. The first-order valence-corrected chi connectivity index (χ1v) is 21.7. The number of pyridine rings is 1. The van der Waals surface area contributed by atoms with Crippen molar-refractivity contribution < 1.29 is 43.2 Å². The summed E-state index contributed by atoms with van der Waals surface area (Å²) in [5.74, 6) is -2.73. The van der Waals surface area contributed by atoms with Gasteiger partial charge in [0.15, 0.2) is 17.4 Å². The van der Waals surface area contributed by atoms with Crippen molar-refractivity contribution >= 4 is 51.2 Å². The van der Waals surface area contributed by atoms with Crippen LogP contribution in [-0.2, 0) is 24.9 Å². The predicted octanol–water partition coefficient (Wildman–Crippen LogP) is 12.5. The van der Waals surface area contributed by atoms with E-state index in [1.54, 1.807) is 13.1 Å². The van der Waals surface area contributed by atoms with E-state index >= 15 is 0 Å². The van der Waals surface area contributed by atoms with Gasteiger partial charge in [0.2, 0.25) is 0 Å². The molecule has 0 amide bonds. The number of thiophene rings is 1. The van der Waals surface area contributed by atoms with Crippen LogP contribution >= 0.6 is 11.3 Å². The van der Waals surface area contributed by atoms with Crippen LogP contribution in [0, 0.1) is 41.3 Å². The Bertz CT molecular complexity index is 2060. The number of ketones is 1. The molecule has 9 heteroatoms. The van der Waals surface area contributed by atoms with E-state index in [1.807, 2.05) is 65.8 Å². The number of rotatable bonds is 10. The normalized spacial score (nSPS) is 12.5. The van der Waals surface area contributed by atoms with Crippen molar-refractivity contribution in [3.63, 3.8) is 0 Å². The van der Waals surface area contributed by atoms with Crippen LogP contribution in [0.3, 0.4) is 0 Å². The number of aliphatic hydroxyl groups is 1. The number of aliphatic hydroxyl groups excluding tert-OH is 1. The number of hydrogen-bond donors (Lipinski definition) is 1. The summed E-state index contributed by atoms with van der Waals surface area (Å²) in [6.07, 6.45) is 6.46. The number of carbonyl (C=O) groups excluding carboxylic acids is 1. The zero-order chi connectivity index (χ0) is 37.2. The Labute approximate surface area is 319 Å². The quantitative estimate of drug-likeness (QED) is 0.0499. The first kappa shape index (κ1) is 42.3. The second-order valence-electron chi connectivity index (χ2n) is 14.6. The molecule has 0 atom stereocenters. The molecule has 0 fully saturated rings. The number of allylic oxidation sites excluding steroid dienone is 2. The van der Waals surface area contributed by atoms with E-state index in [9.17, 15) is 23.1 Å².